The molecule has 0 heterocycles. The molecule has 0 aliphatic rings. The second-order valence-corrected chi connectivity index (χ2v) is 5.53. The number of ether oxygens (including phenoxy) is 1. The lowest BCUT2D eigenvalue weighted by Crippen LogP contribution is -2.42. The Labute approximate surface area is 131 Å². The maximum Gasteiger partial charge on any atom is 0.268 e. The minimum absolute atomic E-state index is 0.0340. The smallest absolute Gasteiger partial charge is 0.268 e. The largest absolute Gasteiger partial charge is 0.478 e. The van der Waals surface area contributed by atoms with Gasteiger partial charge in [-0.25, -0.2) is 8.78 Å². The van der Waals surface area contributed by atoms with Crippen LogP contribution in [-0.2, 0) is 4.79 Å². The van der Waals surface area contributed by atoms with Gasteiger partial charge < -0.3 is 10.1 Å². The third-order valence-corrected chi connectivity index (χ3v) is 3.23. The average Bonchev–Trinajstić information content (AvgIpc) is 2.46. The van der Waals surface area contributed by atoms with E-state index in [9.17, 15) is 13.6 Å². The Hall–Kier alpha value is -2.14. The first-order valence-corrected chi connectivity index (χ1v) is 6.87. The summed E-state index contributed by atoms with van der Waals surface area (Å²) in [6.45, 7) is 3.04. The van der Waals surface area contributed by atoms with Gasteiger partial charge in [0, 0.05) is 0 Å². The van der Waals surface area contributed by atoms with Crippen molar-refractivity contribution in [3.63, 3.8) is 0 Å². The van der Waals surface area contributed by atoms with Crippen molar-refractivity contribution in [2.24, 2.45) is 0 Å². The Morgan fingerprint density at radius 3 is 2.41 bits per heavy atom. The number of halogens is 3. The highest BCUT2D eigenvalue weighted by molar-refractivity contribution is 6.31. The van der Waals surface area contributed by atoms with E-state index in [1.807, 2.05) is 0 Å². The Bertz CT molecular complexity index is 687. The van der Waals surface area contributed by atoms with Gasteiger partial charge in [0.15, 0.2) is 11.4 Å². The first-order valence-electron chi connectivity index (χ1n) is 6.49. The molecule has 0 spiro atoms. The Morgan fingerprint density at radius 2 is 1.77 bits per heavy atom. The fourth-order valence-electron chi connectivity index (χ4n) is 1.72. The summed E-state index contributed by atoms with van der Waals surface area (Å²) in [5.74, 6) is -1.35. The maximum atomic E-state index is 13.8. The molecule has 2 aromatic carbocycles. The number of benzene rings is 2. The van der Waals surface area contributed by atoms with Crippen molar-refractivity contribution in [2.75, 3.05) is 5.32 Å². The van der Waals surface area contributed by atoms with Gasteiger partial charge in [0.05, 0.1) is 10.7 Å². The van der Waals surface area contributed by atoms with Crippen LogP contribution >= 0.6 is 11.6 Å². The van der Waals surface area contributed by atoms with Crippen LogP contribution in [0, 0.1) is 11.6 Å². The van der Waals surface area contributed by atoms with E-state index in [0.29, 0.717) is 5.75 Å². The van der Waals surface area contributed by atoms with Crippen molar-refractivity contribution in [3.8, 4) is 5.75 Å². The average molecular weight is 326 g/mol. The van der Waals surface area contributed by atoms with Crippen molar-refractivity contribution in [3.05, 3.63) is 59.1 Å². The Balaban J connectivity index is 2.13. The fraction of sp³-hybridized carbons (Fsp3) is 0.188. The molecule has 6 heteroatoms. The quantitative estimate of drug-likeness (QED) is 0.904. The summed E-state index contributed by atoms with van der Waals surface area (Å²) in [6.07, 6.45) is 0. The number of nitrogens with one attached hydrogen (secondary N) is 1. The van der Waals surface area contributed by atoms with Gasteiger partial charge in [-0.15, -0.1) is 0 Å². The molecule has 3 nitrogen and oxygen atoms in total. The van der Waals surface area contributed by atoms with Crippen LogP contribution in [0.4, 0.5) is 14.5 Å². The minimum atomic E-state index is -1.29. The zero-order valence-corrected chi connectivity index (χ0v) is 12.7. The van der Waals surface area contributed by atoms with Crippen LogP contribution in [0.2, 0.25) is 5.02 Å². The van der Waals surface area contributed by atoms with Crippen LogP contribution in [0.25, 0.3) is 0 Å². The van der Waals surface area contributed by atoms with Gasteiger partial charge in [-0.05, 0) is 50.2 Å². The lowest BCUT2D eigenvalue weighted by Gasteiger charge is -2.25. The molecular weight excluding hydrogens is 312 g/mol. The van der Waals surface area contributed by atoms with Crippen LogP contribution in [0.1, 0.15) is 13.8 Å². The lowest BCUT2D eigenvalue weighted by molar-refractivity contribution is -0.128. The zero-order valence-electron chi connectivity index (χ0n) is 12.0. The van der Waals surface area contributed by atoms with E-state index in [1.54, 1.807) is 0 Å². The fourth-order valence-corrected chi connectivity index (χ4v) is 1.89. The molecule has 1 N–H and O–H groups in total. The predicted octanol–water partition coefficient (Wildman–Crippen LogP) is 4.41. The molecular formula is C16H14ClF2NO2. The third kappa shape index (κ3) is 3.74. The molecule has 0 bridgehead atoms. The van der Waals surface area contributed by atoms with E-state index in [0.717, 1.165) is 0 Å². The molecule has 0 saturated heterocycles. The van der Waals surface area contributed by atoms with Gasteiger partial charge in [-0.2, -0.15) is 0 Å². The van der Waals surface area contributed by atoms with E-state index < -0.39 is 23.1 Å². The highest BCUT2D eigenvalue weighted by Crippen LogP contribution is 2.24. The van der Waals surface area contributed by atoms with Crippen LogP contribution in [-0.4, -0.2) is 11.5 Å². The van der Waals surface area contributed by atoms with E-state index in [-0.39, 0.29) is 10.7 Å². The molecule has 0 aromatic heterocycles. The van der Waals surface area contributed by atoms with Gasteiger partial charge >= 0.3 is 0 Å². The number of carbonyl (C=O) groups is 1. The van der Waals surface area contributed by atoms with Gasteiger partial charge in [0.2, 0.25) is 0 Å². The van der Waals surface area contributed by atoms with E-state index in [4.69, 9.17) is 16.3 Å². The first kappa shape index (κ1) is 16.2. The van der Waals surface area contributed by atoms with Crippen LogP contribution < -0.4 is 10.1 Å². The molecule has 0 saturated carbocycles. The lowest BCUT2D eigenvalue weighted by atomic mass is 10.1. The summed E-state index contributed by atoms with van der Waals surface area (Å²) < 4.78 is 32.2. The maximum absolute atomic E-state index is 13.8. The molecule has 116 valence electrons. The topological polar surface area (TPSA) is 38.3 Å². The molecule has 0 fully saturated rings. The minimum Gasteiger partial charge on any atom is -0.478 e. The van der Waals surface area contributed by atoms with E-state index in [1.165, 1.54) is 56.3 Å². The normalized spacial score (nSPS) is 11.1. The van der Waals surface area contributed by atoms with Crippen LogP contribution in [0.5, 0.6) is 5.75 Å². The summed E-state index contributed by atoms with van der Waals surface area (Å²) in [5, 5.41) is 2.34. The molecule has 2 aromatic rings. The second-order valence-electron chi connectivity index (χ2n) is 5.12. The molecule has 2 rings (SSSR count). The summed E-state index contributed by atoms with van der Waals surface area (Å²) in [4.78, 5) is 12.2. The molecule has 0 aliphatic heterocycles. The number of rotatable bonds is 4. The highest BCUT2D eigenvalue weighted by Gasteiger charge is 2.30. The molecule has 22 heavy (non-hydrogen) atoms. The summed E-state index contributed by atoms with van der Waals surface area (Å²) in [5.41, 5.74) is -1.32. The number of amides is 1. The SMILES string of the molecule is CC(C)(Oc1ccc(F)cc1)C(=O)Nc1cccc(Cl)c1F. The van der Waals surface area contributed by atoms with Gasteiger partial charge in [0.1, 0.15) is 11.6 Å². The van der Waals surface area contributed by atoms with Gasteiger partial charge in [-0.3, -0.25) is 4.79 Å². The summed E-state index contributed by atoms with van der Waals surface area (Å²) in [6, 6.07) is 9.56. The standard InChI is InChI=1S/C16H14ClF2NO2/c1-16(2,22-11-8-6-10(18)7-9-11)15(21)20-13-5-3-4-12(17)14(13)19/h3-9H,1-2H3,(H,20,21). The Morgan fingerprint density at radius 1 is 1.14 bits per heavy atom. The summed E-state index contributed by atoms with van der Waals surface area (Å²) >= 11 is 5.66. The van der Waals surface area contributed by atoms with Crippen LogP contribution in [0.3, 0.4) is 0 Å². The van der Waals surface area contributed by atoms with Crippen molar-refractivity contribution in [1.29, 1.82) is 0 Å². The molecule has 0 radical (unpaired) electrons. The summed E-state index contributed by atoms with van der Waals surface area (Å²) in [7, 11) is 0. The number of carbonyl (C=O) groups excluding carboxylic acids is 1. The molecule has 0 unspecified atom stereocenters. The van der Waals surface area contributed by atoms with E-state index >= 15 is 0 Å². The first-order chi connectivity index (χ1) is 10.3. The third-order valence-electron chi connectivity index (χ3n) is 2.93. The monoisotopic (exact) mass is 325 g/mol. The van der Waals surface area contributed by atoms with Crippen molar-refractivity contribution >= 4 is 23.2 Å². The number of hydrogen-bond acceptors (Lipinski definition) is 2. The van der Waals surface area contributed by atoms with Crippen LogP contribution in [0.15, 0.2) is 42.5 Å². The molecule has 0 atom stereocenters. The predicted molar refractivity (Wildman–Crippen MR) is 81.1 cm³/mol. The second kappa shape index (κ2) is 6.32. The molecule has 0 aliphatic carbocycles. The Kier molecular flexibility index (Phi) is 4.66. The van der Waals surface area contributed by atoms with Crippen molar-refractivity contribution in [2.45, 2.75) is 19.4 Å². The van der Waals surface area contributed by atoms with Crippen molar-refractivity contribution < 1.29 is 18.3 Å². The highest BCUT2D eigenvalue weighted by atomic mass is 35.5. The van der Waals surface area contributed by atoms with Gasteiger partial charge in [-0.1, -0.05) is 17.7 Å². The van der Waals surface area contributed by atoms with E-state index in [2.05, 4.69) is 5.32 Å². The number of anilines is 1. The molecule has 1 amide bonds. The van der Waals surface area contributed by atoms with Crippen molar-refractivity contribution in [1.82, 2.24) is 0 Å². The van der Waals surface area contributed by atoms with Gasteiger partial charge in [0.25, 0.3) is 5.91 Å². The number of hydrogen-bond donors (Lipinski definition) is 1. The zero-order chi connectivity index (χ0) is 16.3.